The first-order valence-corrected chi connectivity index (χ1v) is 34.5. The number of hydrogen-bond donors (Lipinski definition) is 0. The third kappa shape index (κ3) is 63.2. The van der Waals surface area contributed by atoms with Gasteiger partial charge in [0.1, 0.15) is 13.2 Å². The molecule has 0 N–H and O–H groups in total. The maximum Gasteiger partial charge on any atom is 0.306 e. The Hall–Kier alpha value is -2.23. The number of ether oxygens (including phenoxy) is 4. The molecule has 0 aliphatic rings. The summed E-state index contributed by atoms with van der Waals surface area (Å²) in [4.78, 5) is 37.4. The van der Waals surface area contributed by atoms with Gasteiger partial charge in [-0.25, -0.2) is 0 Å². The number of quaternary nitrogens is 1. The first-order valence-electron chi connectivity index (χ1n) is 34.5. The largest absolute Gasteiger partial charge is 0.545 e. The number of carboxylic acids is 1. The zero-order valence-corrected chi connectivity index (χ0v) is 53.3. The van der Waals surface area contributed by atoms with E-state index in [1.165, 1.54) is 270 Å². The highest BCUT2D eigenvalue weighted by atomic mass is 16.7. The number of nitrogens with zero attached hydrogens (tertiary/aromatic N) is 1. The third-order valence-corrected chi connectivity index (χ3v) is 15.7. The second-order valence-corrected chi connectivity index (χ2v) is 24.8. The summed E-state index contributed by atoms with van der Waals surface area (Å²) < 4.78 is 22.8. The van der Waals surface area contributed by atoms with Crippen LogP contribution in [-0.4, -0.2) is 82.3 Å². The van der Waals surface area contributed by atoms with E-state index in [0.29, 0.717) is 23.9 Å². The molecule has 0 aromatic carbocycles. The van der Waals surface area contributed by atoms with E-state index in [1.807, 2.05) is 21.1 Å². The van der Waals surface area contributed by atoms with Crippen molar-refractivity contribution < 1.29 is 42.9 Å². The molecule has 466 valence electrons. The van der Waals surface area contributed by atoms with Gasteiger partial charge in [0.15, 0.2) is 12.4 Å². The van der Waals surface area contributed by atoms with Crippen molar-refractivity contribution >= 4 is 17.9 Å². The number of esters is 2. The predicted molar refractivity (Wildman–Crippen MR) is 334 cm³/mol. The highest BCUT2D eigenvalue weighted by Crippen LogP contribution is 2.19. The molecule has 0 aliphatic heterocycles. The van der Waals surface area contributed by atoms with E-state index in [4.69, 9.17) is 18.9 Å². The molecule has 0 rings (SSSR count). The molecule has 9 nitrogen and oxygen atoms in total. The van der Waals surface area contributed by atoms with Gasteiger partial charge < -0.3 is 33.3 Å². The molecule has 79 heavy (non-hydrogen) atoms. The minimum absolute atomic E-state index is 0.150. The second-order valence-electron chi connectivity index (χ2n) is 24.8. The summed E-state index contributed by atoms with van der Waals surface area (Å²) >= 11 is 0. The minimum Gasteiger partial charge on any atom is -0.545 e. The normalized spacial score (nSPS) is 12.8. The average Bonchev–Trinajstić information content (AvgIpc) is 3.42. The Balaban J connectivity index is 4.06. The van der Waals surface area contributed by atoms with Crippen LogP contribution in [0.15, 0.2) is 24.3 Å². The molecule has 0 heterocycles. The third-order valence-electron chi connectivity index (χ3n) is 15.7. The van der Waals surface area contributed by atoms with Crippen LogP contribution in [0.5, 0.6) is 0 Å². The van der Waals surface area contributed by atoms with E-state index in [1.54, 1.807) is 0 Å². The van der Waals surface area contributed by atoms with Crippen molar-refractivity contribution in [3.63, 3.8) is 0 Å². The molecule has 2 atom stereocenters. The van der Waals surface area contributed by atoms with Gasteiger partial charge in [-0.2, -0.15) is 0 Å². The van der Waals surface area contributed by atoms with E-state index in [0.717, 1.165) is 44.9 Å². The maximum absolute atomic E-state index is 12.9. The molecule has 0 spiro atoms. The lowest BCUT2D eigenvalue weighted by atomic mass is 10.0. The molecule has 0 amide bonds. The Morgan fingerprint density at radius 2 is 0.684 bits per heavy atom. The van der Waals surface area contributed by atoms with Crippen LogP contribution in [0.2, 0.25) is 0 Å². The Morgan fingerprint density at radius 1 is 0.380 bits per heavy atom. The lowest BCUT2D eigenvalue weighted by Gasteiger charge is -2.26. The monoisotopic (exact) mass is 1120 g/mol. The van der Waals surface area contributed by atoms with Crippen LogP contribution in [0.1, 0.15) is 348 Å². The molecule has 9 heteroatoms. The molecule has 2 unspecified atom stereocenters. The van der Waals surface area contributed by atoms with Gasteiger partial charge in [-0.1, -0.05) is 314 Å². The summed E-state index contributed by atoms with van der Waals surface area (Å²) in [5, 5.41) is 11.8. The van der Waals surface area contributed by atoms with Gasteiger partial charge in [0.05, 0.1) is 40.3 Å². The number of carbonyl (C=O) groups is 3. The average molecular weight is 1120 g/mol. The van der Waals surface area contributed by atoms with Gasteiger partial charge in [-0.3, -0.25) is 9.59 Å². The number of likely N-dealkylation sites (N-methyl/N-ethyl adjacent to an activating group) is 1. The SMILES string of the molecule is CCCCCCC/C=C\C/C=C\CCCCCCCCCCCCCC(=O)OC(COC(=O)CCCCCCCCCCCCCCCCCCCCCCCCCCCCCCCCC)COC(OCC[N+](C)(C)C)C(=O)[O-]. The van der Waals surface area contributed by atoms with Crippen LogP contribution >= 0.6 is 0 Å². The number of aliphatic carboxylic acids is 1. The fraction of sp³-hybridized carbons (Fsp3) is 0.900. The van der Waals surface area contributed by atoms with E-state index in [-0.39, 0.29) is 32.2 Å². The van der Waals surface area contributed by atoms with Gasteiger partial charge in [-0.15, -0.1) is 0 Å². The zero-order chi connectivity index (χ0) is 57.6. The highest BCUT2D eigenvalue weighted by molar-refractivity contribution is 5.70. The Morgan fingerprint density at radius 3 is 1.00 bits per heavy atom. The van der Waals surface area contributed by atoms with E-state index in [2.05, 4.69) is 38.2 Å². The van der Waals surface area contributed by atoms with Crippen molar-refractivity contribution in [1.29, 1.82) is 0 Å². The van der Waals surface area contributed by atoms with Crippen molar-refractivity contribution in [1.82, 2.24) is 0 Å². The van der Waals surface area contributed by atoms with E-state index < -0.39 is 24.3 Å². The molecule has 0 saturated heterocycles. The molecule has 0 bridgehead atoms. The molecule has 0 aromatic rings. The lowest BCUT2D eigenvalue weighted by molar-refractivity contribution is -0.870. The summed E-state index contributed by atoms with van der Waals surface area (Å²) in [6.45, 7) is 4.80. The first kappa shape index (κ1) is 76.8. The summed E-state index contributed by atoms with van der Waals surface area (Å²) in [5.41, 5.74) is 0. The molecule has 0 saturated carbocycles. The number of allylic oxidation sites excluding steroid dienone is 4. The Bertz CT molecular complexity index is 1340. The molecule has 0 aromatic heterocycles. The molecule has 0 radical (unpaired) electrons. The topological polar surface area (TPSA) is 111 Å². The van der Waals surface area contributed by atoms with Crippen molar-refractivity contribution in [2.45, 2.75) is 360 Å². The predicted octanol–water partition coefficient (Wildman–Crippen LogP) is 19.7. The van der Waals surface area contributed by atoms with Gasteiger partial charge in [0.25, 0.3) is 0 Å². The van der Waals surface area contributed by atoms with Gasteiger partial charge in [-0.05, 0) is 44.9 Å². The van der Waals surface area contributed by atoms with E-state index >= 15 is 0 Å². The second kappa shape index (κ2) is 61.8. The molecule has 0 aliphatic carbocycles. The van der Waals surface area contributed by atoms with Crippen molar-refractivity contribution in [2.75, 3.05) is 47.5 Å². The quantitative estimate of drug-likeness (QED) is 0.0195. The Kier molecular flexibility index (Phi) is 60.1. The van der Waals surface area contributed by atoms with Crippen LogP contribution in [0, 0.1) is 0 Å². The van der Waals surface area contributed by atoms with E-state index in [9.17, 15) is 19.5 Å². The summed E-state index contributed by atoms with van der Waals surface area (Å²) in [7, 11) is 5.94. The van der Waals surface area contributed by atoms with Gasteiger partial charge in [0, 0.05) is 12.8 Å². The zero-order valence-electron chi connectivity index (χ0n) is 53.3. The van der Waals surface area contributed by atoms with Crippen LogP contribution in [0.4, 0.5) is 0 Å². The molecular formula is C70H133NO8. The van der Waals surface area contributed by atoms with Crippen molar-refractivity contribution in [2.24, 2.45) is 0 Å². The van der Waals surface area contributed by atoms with Gasteiger partial charge in [0.2, 0.25) is 0 Å². The fourth-order valence-electron chi connectivity index (χ4n) is 10.4. The molecule has 0 fully saturated rings. The molecular weight excluding hydrogens is 983 g/mol. The number of hydrogen-bond acceptors (Lipinski definition) is 8. The van der Waals surface area contributed by atoms with Crippen LogP contribution in [0.3, 0.4) is 0 Å². The smallest absolute Gasteiger partial charge is 0.306 e. The number of unbranched alkanes of at least 4 members (excludes halogenated alkanes) is 46. The Labute approximate surface area is 490 Å². The minimum atomic E-state index is -1.62. The van der Waals surface area contributed by atoms with Crippen molar-refractivity contribution in [3.8, 4) is 0 Å². The lowest BCUT2D eigenvalue weighted by Crippen LogP contribution is -2.44. The van der Waals surface area contributed by atoms with Gasteiger partial charge >= 0.3 is 11.9 Å². The number of carbonyl (C=O) groups excluding carboxylic acids is 3. The maximum atomic E-state index is 12.9. The standard InChI is InChI=1S/C70H133NO8/c1-6-8-10-12-14-16-18-20-22-24-26-28-30-31-32-33-34-35-36-37-39-40-42-44-46-48-50-52-54-56-58-60-67(72)77-64-66(65-78-70(69(74)75)76-63-62-71(3,4)5)79-68(73)61-59-57-55-53-51-49-47-45-43-41-38-29-27-25-23-21-19-17-15-13-11-9-7-2/h19,21,25,27,66,70H,6-18,20,22-24,26,28-65H2,1-5H3/b21-19-,27-25-. The van der Waals surface area contributed by atoms with Crippen LogP contribution in [0.25, 0.3) is 0 Å². The number of carboxylic acid groups (broad SMARTS) is 1. The summed E-state index contributed by atoms with van der Waals surface area (Å²) in [6, 6.07) is 0. The summed E-state index contributed by atoms with van der Waals surface area (Å²) in [5.74, 6) is -2.26. The van der Waals surface area contributed by atoms with Crippen LogP contribution < -0.4 is 5.11 Å². The van der Waals surface area contributed by atoms with Crippen molar-refractivity contribution in [3.05, 3.63) is 24.3 Å². The highest BCUT2D eigenvalue weighted by Gasteiger charge is 2.22. The first-order chi connectivity index (χ1) is 38.6. The fourth-order valence-corrected chi connectivity index (χ4v) is 10.4. The summed E-state index contributed by atoms with van der Waals surface area (Å²) in [6.07, 6.45) is 72.6. The number of rotatable bonds is 65. The van der Waals surface area contributed by atoms with Crippen LogP contribution in [-0.2, 0) is 33.3 Å².